The Bertz CT molecular complexity index is 1620. The molecule has 2 atom stereocenters. The topological polar surface area (TPSA) is 96.6 Å². The fourth-order valence-electron chi connectivity index (χ4n) is 5.06. The number of nitrogens with zero attached hydrogens (tertiary/aromatic N) is 2. The molecule has 4 aromatic rings. The first kappa shape index (κ1) is 29.3. The molecule has 0 saturated heterocycles. The van der Waals surface area contributed by atoms with E-state index >= 15 is 0 Å². The molecule has 0 aliphatic heterocycles. The summed E-state index contributed by atoms with van der Waals surface area (Å²) in [5.41, 5.74) is 5.31. The number of rotatable bonds is 11. The normalized spacial score (nSPS) is 14.6. The Labute approximate surface area is 249 Å². The summed E-state index contributed by atoms with van der Waals surface area (Å²) in [5, 5.41) is 22.3. The molecule has 0 spiro atoms. The van der Waals surface area contributed by atoms with Crippen molar-refractivity contribution in [1.82, 2.24) is 10.3 Å². The number of pyridine rings is 1. The van der Waals surface area contributed by atoms with Crippen LogP contribution in [0.3, 0.4) is 0 Å². The number of nitrogens with one attached hydrogen (secondary N) is 1. The van der Waals surface area contributed by atoms with Crippen LogP contribution in [0.4, 0.5) is 4.39 Å². The van der Waals surface area contributed by atoms with Crippen LogP contribution in [0.25, 0.3) is 11.1 Å². The number of fused-ring (bicyclic) bond motifs is 1. The van der Waals surface area contributed by atoms with Gasteiger partial charge in [-0.25, -0.2) is 4.39 Å². The van der Waals surface area contributed by atoms with Crippen molar-refractivity contribution >= 4 is 11.6 Å². The van der Waals surface area contributed by atoms with Crippen molar-refractivity contribution in [1.29, 1.82) is 5.26 Å². The molecular weight excluding hydrogens is 557 g/mol. The molecule has 1 heterocycles. The van der Waals surface area contributed by atoms with Crippen molar-refractivity contribution in [3.8, 4) is 34.4 Å². The quantitative estimate of drug-likeness (QED) is 0.206. The van der Waals surface area contributed by atoms with Crippen molar-refractivity contribution in [2.45, 2.75) is 45.1 Å². The summed E-state index contributed by atoms with van der Waals surface area (Å²) in [4.78, 5) is 4.11. The third-order valence-electron chi connectivity index (χ3n) is 7.30. The molecule has 2 N–H and O–H groups in total. The van der Waals surface area contributed by atoms with Crippen molar-refractivity contribution < 1.29 is 23.7 Å². The lowest BCUT2D eigenvalue weighted by molar-refractivity contribution is 0.205. The second-order valence-electron chi connectivity index (χ2n) is 10.2. The highest BCUT2D eigenvalue weighted by molar-refractivity contribution is 6.32. The minimum Gasteiger partial charge on any atom is -0.497 e. The van der Waals surface area contributed by atoms with E-state index in [9.17, 15) is 14.8 Å². The number of benzene rings is 3. The van der Waals surface area contributed by atoms with Gasteiger partial charge in [0.25, 0.3) is 0 Å². The summed E-state index contributed by atoms with van der Waals surface area (Å²) < 4.78 is 32.9. The molecule has 0 amide bonds. The molecule has 1 aromatic heterocycles. The van der Waals surface area contributed by atoms with Crippen molar-refractivity contribution in [3.63, 3.8) is 0 Å². The maximum absolute atomic E-state index is 14.9. The van der Waals surface area contributed by atoms with Gasteiger partial charge < -0.3 is 24.6 Å². The predicted octanol–water partition coefficient (Wildman–Crippen LogP) is 6.54. The maximum atomic E-state index is 14.9. The van der Waals surface area contributed by atoms with E-state index in [2.05, 4.69) is 16.4 Å². The van der Waals surface area contributed by atoms with Crippen LogP contribution in [0.1, 0.15) is 47.3 Å². The van der Waals surface area contributed by atoms with Crippen LogP contribution < -0.4 is 19.5 Å². The van der Waals surface area contributed by atoms with E-state index < -0.39 is 0 Å². The Hall–Kier alpha value is -4.16. The number of aliphatic hydroxyl groups is 1. The summed E-state index contributed by atoms with van der Waals surface area (Å²) in [6.07, 6.45) is 4.29. The van der Waals surface area contributed by atoms with Crippen LogP contribution >= 0.6 is 11.6 Å². The zero-order valence-corrected chi connectivity index (χ0v) is 24.1. The monoisotopic (exact) mass is 587 g/mol. The molecule has 216 valence electrons. The first-order valence-corrected chi connectivity index (χ1v) is 14.0. The van der Waals surface area contributed by atoms with Gasteiger partial charge in [0, 0.05) is 47.7 Å². The van der Waals surface area contributed by atoms with E-state index in [4.69, 9.17) is 25.8 Å². The molecule has 7 nitrogen and oxygen atoms in total. The van der Waals surface area contributed by atoms with Crippen LogP contribution in [-0.4, -0.2) is 29.8 Å². The number of nitriles is 1. The summed E-state index contributed by atoms with van der Waals surface area (Å²) >= 11 is 6.73. The molecule has 0 bridgehead atoms. The molecule has 0 fully saturated rings. The van der Waals surface area contributed by atoms with Gasteiger partial charge in [-0.15, -0.1) is 0 Å². The fraction of sp³-hybridized carbons (Fsp3) is 0.273. The fourth-order valence-corrected chi connectivity index (χ4v) is 5.29. The van der Waals surface area contributed by atoms with Gasteiger partial charge in [-0.1, -0.05) is 29.8 Å². The second kappa shape index (κ2) is 13.2. The number of hydrogen-bond acceptors (Lipinski definition) is 7. The molecule has 1 aliphatic rings. The van der Waals surface area contributed by atoms with Gasteiger partial charge in [-0.2, -0.15) is 5.26 Å². The highest BCUT2D eigenvalue weighted by atomic mass is 35.5. The molecule has 3 aromatic carbocycles. The van der Waals surface area contributed by atoms with Gasteiger partial charge in [0.2, 0.25) is 0 Å². The molecule has 9 heteroatoms. The zero-order chi connectivity index (χ0) is 29.6. The Morgan fingerprint density at radius 3 is 2.79 bits per heavy atom. The minimum atomic E-state index is -0.311. The SMILES string of the molecule is COc1ccc(F)c(-c2cccc3c2CC[C@@H]3Oc2cc(OCc3cncc(C#N)c3)c(CN[C@H](C)CO)cc2Cl)c1. The van der Waals surface area contributed by atoms with Crippen LogP contribution in [-0.2, 0) is 19.6 Å². The molecule has 42 heavy (non-hydrogen) atoms. The number of hydrogen-bond donors (Lipinski definition) is 2. The third kappa shape index (κ3) is 6.50. The van der Waals surface area contributed by atoms with Crippen LogP contribution in [0.15, 0.2) is 67.0 Å². The van der Waals surface area contributed by atoms with Gasteiger partial charge in [0.05, 0.1) is 24.3 Å². The molecule has 0 saturated carbocycles. The highest BCUT2D eigenvalue weighted by Gasteiger charge is 2.28. The number of aromatic nitrogens is 1. The molecular formula is C33H31ClFN3O4. The van der Waals surface area contributed by atoms with E-state index in [-0.39, 0.29) is 31.2 Å². The lowest BCUT2D eigenvalue weighted by Gasteiger charge is -2.20. The largest absolute Gasteiger partial charge is 0.497 e. The van der Waals surface area contributed by atoms with Crippen molar-refractivity contribution in [2.24, 2.45) is 0 Å². The second-order valence-corrected chi connectivity index (χ2v) is 10.6. The number of halogens is 2. The van der Waals surface area contributed by atoms with E-state index in [1.807, 2.05) is 25.1 Å². The smallest absolute Gasteiger partial charge is 0.142 e. The summed E-state index contributed by atoms with van der Waals surface area (Å²) in [6.45, 7) is 2.46. The van der Waals surface area contributed by atoms with Gasteiger partial charge in [-0.05, 0) is 66.8 Å². The standard InChI is InChI=1S/C33H31ClFN3O4/c1-20(18-39)38-17-23-11-29(34)33(13-32(23)41-19-22-10-21(14-36)15-37-16-22)42-31-9-7-26-25(4-3-5-27(26)31)28-12-24(40-2)6-8-30(28)35/h3-6,8,10-13,15-16,20,31,38-39H,7,9,17-19H2,1-2H3/t20-,31+/m1/s1. The Kier molecular flexibility index (Phi) is 9.23. The highest BCUT2D eigenvalue weighted by Crippen LogP contribution is 2.43. The van der Waals surface area contributed by atoms with Crippen LogP contribution in [0.5, 0.6) is 17.2 Å². The summed E-state index contributed by atoms with van der Waals surface area (Å²) in [7, 11) is 1.56. The maximum Gasteiger partial charge on any atom is 0.142 e. The lowest BCUT2D eigenvalue weighted by atomic mass is 9.96. The molecule has 0 unspecified atom stereocenters. The Morgan fingerprint density at radius 2 is 2.00 bits per heavy atom. The number of methoxy groups -OCH3 is 1. The van der Waals surface area contributed by atoms with Gasteiger partial charge >= 0.3 is 0 Å². The van der Waals surface area contributed by atoms with E-state index in [1.54, 1.807) is 43.6 Å². The molecule has 5 rings (SSSR count). The first-order valence-electron chi connectivity index (χ1n) is 13.7. The lowest BCUT2D eigenvalue weighted by Crippen LogP contribution is -2.28. The van der Waals surface area contributed by atoms with E-state index in [0.717, 1.165) is 34.2 Å². The summed E-state index contributed by atoms with van der Waals surface area (Å²) in [6, 6.07) is 17.8. The average Bonchev–Trinajstić information content (AvgIpc) is 3.43. The minimum absolute atomic E-state index is 0.0134. The Morgan fingerprint density at radius 1 is 1.14 bits per heavy atom. The first-order chi connectivity index (χ1) is 20.4. The van der Waals surface area contributed by atoms with Crippen molar-refractivity contribution in [3.05, 3.63) is 106 Å². The van der Waals surface area contributed by atoms with E-state index in [1.165, 1.54) is 12.3 Å². The third-order valence-corrected chi connectivity index (χ3v) is 7.59. The van der Waals surface area contributed by atoms with Crippen molar-refractivity contribution in [2.75, 3.05) is 13.7 Å². The average molecular weight is 588 g/mol. The van der Waals surface area contributed by atoms with Gasteiger partial charge in [0.15, 0.2) is 0 Å². The van der Waals surface area contributed by atoms with Gasteiger partial charge in [-0.3, -0.25) is 4.98 Å². The number of aliphatic hydroxyl groups excluding tert-OH is 1. The summed E-state index contributed by atoms with van der Waals surface area (Å²) in [5.74, 6) is 1.30. The Balaban J connectivity index is 1.43. The molecule has 0 radical (unpaired) electrons. The predicted molar refractivity (Wildman–Crippen MR) is 158 cm³/mol. The van der Waals surface area contributed by atoms with Gasteiger partial charge in [0.1, 0.15) is 41.8 Å². The van der Waals surface area contributed by atoms with Crippen LogP contribution in [0, 0.1) is 17.1 Å². The van der Waals surface area contributed by atoms with Crippen LogP contribution in [0.2, 0.25) is 5.02 Å². The van der Waals surface area contributed by atoms with E-state index in [0.29, 0.717) is 46.4 Å². The number of ether oxygens (including phenoxy) is 3. The molecule has 1 aliphatic carbocycles. The zero-order valence-electron chi connectivity index (χ0n) is 23.4.